The molecule has 0 radical (unpaired) electrons. The van der Waals surface area contributed by atoms with Crippen LogP contribution in [0.2, 0.25) is 0 Å². The minimum atomic E-state index is 0.285. The standard InChI is InChI=1S/C12H15N3O2/c1-9(15-17-5-3-4-13)10-6-11(14)8-12(7-10)16-2/h6-8H,3,5,14H2,1-2H3. The van der Waals surface area contributed by atoms with Crippen molar-refractivity contribution in [3.8, 4) is 11.8 Å². The highest BCUT2D eigenvalue weighted by Crippen LogP contribution is 2.19. The Hall–Kier alpha value is -2.22. The Balaban J connectivity index is 2.77. The van der Waals surface area contributed by atoms with Crippen molar-refractivity contribution in [1.82, 2.24) is 0 Å². The molecule has 90 valence electrons. The summed E-state index contributed by atoms with van der Waals surface area (Å²) in [6, 6.07) is 7.31. The zero-order valence-corrected chi connectivity index (χ0v) is 9.93. The molecule has 5 nitrogen and oxygen atoms in total. The fourth-order valence-electron chi connectivity index (χ4n) is 1.24. The molecular weight excluding hydrogens is 218 g/mol. The van der Waals surface area contributed by atoms with E-state index >= 15 is 0 Å². The van der Waals surface area contributed by atoms with Gasteiger partial charge in [0.2, 0.25) is 0 Å². The number of rotatable bonds is 5. The van der Waals surface area contributed by atoms with Gasteiger partial charge in [-0.1, -0.05) is 5.16 Å². The lowest BCUT2D eigenvalue weighted by molar-refractivity contribution is 0.150. The summed E-state index contributed by atoms with van der Waals surface area (Å²) in [5.41, 5.74) is 7.85. The van der Waals surface area contributed by atoms with E-state index < -0.39 is 0 Å². The van der Waals surface area contributed by atoms with E-state index in [4.69, 9.17) is 20.6 Å². The van der Waals surface area contributed by atoms with Crippen LogP contribution in [0.5, 0.6) is 5.75 Å². The summed E-state index contributed by atoms with van der Waals surface area (Å²) in [7, 11) is 1.58. The Morgan fingerprint density at radius 1 is 1.47 bits per heavy atom. The molecule has 0 fully saturated rings. The van der Waals surface area contributed by atoms with Crippen LogP contribution in [0.15, 0.2) is 23.4 Å². The van der Waals surface area contributed by atoms with Crippen molar-refractivity contribution < 1.29 is 9.57 Å². The predicted molar refractivity (Wildman–Crippen MR) is 65.8 cm³/mol. The third-order valence-electron chi connectivity index (χ3n) is 2.09. The van der Waals surface area contributed by atoms with Gasteiger partial charge in [-0.3, -0.25) is 0 Å². The second kappa shape index (κ2) is 6.38. The number of benzene rings is 1. The summed E-state index contributed by atoms with van der Waals surface area (Å²) in [4.78, 5) is 4.99. The average molecular weight is 233 g/mol. The summed E-state index contributed by atoms with van der Waals surface area (Å²) in [5, 5.41) is 12.2. The fourth-order valence-corrected chi connectivity index (χ4v) is 1.24. The molecule has 1 aromatic carbocycles. The molecule has 0 amide bonds. The van der Waals surface area contributed by atoms with E-state index in [2.05, 4.69) is 5.16 Å². The van der Waals surface area contributed by atoms with Gasteiger partial charge in [-0.05, 0) is 19.1 Å². The number of nitrogens with two attached hydrogens (primary N) is 1. The maximum atomic E-state index is 8.34. The van der Waals surface area contributed by atoms with Crippen molar-refractivity contribution in [3.63, 3.8) is 0 Å². The van der Waals surface area contributed by atoms with Gasteiger partial charge < -0.3 is 15.3 Å². The average Bonchev–Trinajstić information content (AvgIpc) is 2.33. The molecule has 0 heterocycles. The van der Waals surface area contributed by atoms with E-state index in [0.29, 0.717) is 23.6 Å². The molecule has 1 aromatic rings. The van der Waals surface area contributed by atoms with Crippen LogP contribution in [0.25, 0.3) is 0 Å². The van der Waals surface area contributed by atoms with E-state index in [1.165, 1.54) is 0 Å². The summed E-state index contributed by atoms with van der Waals surface area (Å²) < 4.78 is 5.11. The third-order valence-corrected chi connectivity index (χ3v) is 2.09. The van der Waals surface area contributed by atoms with E-state index in [-0.39, 0.29) is 6.61 Å². The maximum absolute atomic E-state index is 8.34. The highest BCUT2D eigenvalue weighted by atomic mass is 16.6. The molecule has 0 bridgehead atoms. The molecular formula is C12H15N3O2. The number of nitriles is 1. The lowest BCUT2D eigenvalue weighted by Crippen LogP contribution is -2.00. The number of anilines is 1. The van der Waals surface area contributed by atoms with Gasteiger partial charge in [-0.2, -0.15) is 5.26 Å². The summed E-state index contributed by atoms with van der Waals surface area (Å²) in [6.07, 6.45) is 0.316. The van der Waals surface area contributed by atoms with Gasteiger partial charge >= 0.3 is 0 Å². The molecule has 0 saturated carbocycles. The van der Waals surface area contributed by atoms with Crippen LogP contribution in [0.4, 0.5) is 5.69 Å². The van der Waals surface area contributed by atoms with E-state index in [1.807, 2.05) is 12.1 Å². The molecule has 0 aromatic heterocycles. The van der Waals surface area contributed by atoms with Gasteiger partial charge in [-0.25, -0.2) is 0 Å². The quantitative estimate of drug-likeness (QED) is 0.364. The second-order valence-corrected chi connectivity index (χ2v) is 3.41. The number of nitrogen functional groups attached to an aromatic ring is 1. The van der Waals surface area contributed by atoms with Crippen LogP contribution in [0.1, 0.15) is 18.9 Å². The fraction of sp³-hybridized carbons (Fsp3) is 0.333. The first-order valence-electron chi connectivity index (χ1n) is 5.16. The van der Waals surface area contributed by atoms with Crippen molar-refractivity contribution in [3.05, 3.63) is 23.8 Å². The van der Waals surface area contributed by atoms with Gasteiger partial charge in [0.15, 0.2) is 0 Å². The Morgan fingerprint density at radius 3 is 2.88 bits per heavy atom. The Morgan fingerprint density at radius 2 is 2.24 bits per heavy atom. The number of ether oxygens (including phenoxy) is 1. The highest BCUT2D eigenvalue weighted by molar-refractivity contribution is 5.99. The molecule has 1 rings (SSSR count). The normalized spacial score (nSPS) is 10.8. The molecule has 2 N–H and O–H groups in total. The smallest absolute Gasteiger partial charge is 0.130 e. The van der Waals surface area contributed by atoms with Crippen LogP contribution in [-0.4, -0.2) is 19.4 Å². The molecule has 0 spiro atoms. The zero-order valence-electron chi connectivity index (χ0n) is 9.93. The van der Waals surface area contributed by atoms with E-state index in [9.17, 15) is 0 Å². The Bertz CT molecular complexity index is 450. The van der Waals surface area contributed by atoms with E-state index in [1.54, 1.807) is 26.2 Å². The molecule has 17 heavy (non-hydrogen) atoms. The molecule has 0 atom stereocenters. The highest BCUT2D eigenvalue weighted by Gasteiger charge is 2.02. The van der Waals surface area contributed by atoms with Gasteiger partial charge in [0.25, 0.3) is 0 Å². The van der Waals surface area contributed by atoms with Crippen LogP contribution in [-0.2, 0) is 4.84 Å². The van der Waals surface area contributed by atoms with Crippen LogP contribution < -0.4 is 10.5 Å². The first-order chi connectivity index (χ1) is 8.17. The minimum Gasteiger partial charge on any atom is -0.497 e. The lowest BCUT2D eigenvalue weighted by Gasteiger charge is -2.06. The third kappa shape index (κ3) is 4.03. The molecule has 0 aliphatic heterocycles. The number of nitrogens with zero attached hydrogens (tertiary/aromatic N) is 2. The number of hydrogen-bond acceptors (Lipinski definition) is 5. The predicted octanol–water partition coefficient (Wildman–Crippen LogP) is 1.93. The van der Waals surface area contributed by atoms with Crippen molar-refractivity contribution in [1.29, 1.82) is 5.26 Å². The van der Waals surface area contributed by atoms with Gasteiger partial charge in [0.1, 0.15) is 12.4 Å². The van der Waals surface area contributed by atoms with Crippen LogP contribution >= 0.6 is 0 Å². The second-order valence-electron chi connectivity index (χ2n) is 3.41. The number of methoxy groups -OCH3 is 1. The molecule has 0 aliphatic rings. The molecule has 0 saturated heterocycles. The van der Waals surface area contributed by atoms with Gasteiger partial charge in [-0.15, -0.1) is 0 Å². The van der Waals surface area contributed by atoms with Crippen LogP contribution in [0, 0.1) is 11.3 Å². The number of oxime groups is 1. The SMILES string of the molecule is COc1cc(N)cc(C(C)=NOCCC#N)c1. The van der Waals surface area contributed by atoms with Crippen molar-refractivity contribution in [2.45, 2.75) is 13.3 Å². The van der Waals surface area contributed by atoms with E-state index in [0.717, 1.165) is 5.56 Å². The summed E-state index contributed by atoms with van der Waals surface area (Å²) in [6.45, 7) is 2.09. The maximum Gasteiger partial charge on any atom is 0.130 e. The van der Waals surface area contributed by atoms with Gasteiger partial charge in [0, 0.05) is 17.3 Å². The van der Waals surface area contributed by atoms with Crippen LogP contribution in [0.3, 0.4) is 0 Å². The zero-order chi connectivity index (χ0) is 12.7. The number of hydrogen-bond donors (Lipinski definition) is 1. The largest absolute Gasteiger partial charge is 0.497 e. The summed E-state index contributed by atoms with van der Waals surface area (Å²) >= 11 is 0. The first kappa shape index (κ1) is 12.8. The monoisotopic (exact) mass is 233 g/mol. The lowest BCUT2D eigenvalue weighted by atomic mass is 10.1. The van der Waals surface area contributed by atoms with Crippen molar-refractivity contribution >= 4 is 11.4 Å². The molecule has 0 aliphatic carbocycles. The first-order valence-corrected chi connectivity index (χ1v) is 5.16. The summed E-state index contributed by atoms with van der Waals surface area (Å²) in [5.74, 6) is 0.673. The van der Waals surface area contributed by atoms with Crippen molar-refractivity contribution in [2.75, 3.05) is 19.5 Å². The van der Waals surface area contributed by atoms with Crippen molar-refractivity contribution in [2.24, 2.45) is 5.16 Å². The Kier molecular flexibility index (Phi) is 4.82. The Labute approximate surface area is 100 Å². The molecule has 0 unspecified atom stereocenters. The topological polar surface area (TPSA) is 80.6 Å². The minimum absolute atomic E-state index is 0.285. The molecule has 5 heteroatoms. The van der Waals surface area contributed by atoms with Gasteiger partial charge in [0.05, 0.1) is 25.3 Å².